The number of H-pyrrole nitrogens is 1. The average Bonchev–Trinajstić information content (AvgIpc) is 3.03. The summed E-state index contributed by atoms with van der Waals surface area (Å²) in [4.78, 5) is 17.5. The van der Waals surface area contributed by atoms with E-state index in [-0.39, 0.29) is 5.91 Å². The SMILES string of the molecule is O=C1C(=Cc2ccc[nH]2)SC(=S)N1c1ccc(Cl)c(Cl)c1. The van der Waals surface area contributed by atoms with Crippen molar-refractivity contribution in [2.75, 3.05) is 4.90 Å². The van der Waals surface area contributed by atoms with Crippen molar-refractivity contribution in [1.29, 1.82) is 0 Å². The largest absolute Gasteiger partial charge is 0.362 e. The van der Waals surface area contributed by atoms with E-state index >= 15 is 0 Å². The van der Waals surface area contributed by atoms with Crippen LogP contribution in [0, 0.1) is 0 Å². The van der Waals surface area contributed by atoms with Crippen LogP contribution in [0.15, 0.2) is 41.4 Å². The van der Waals surface area contributed by atoms with E-state index in [1.54, 1.807) is 30.5 Å². The van der Waals surface area contributed by atoms with Crippen LogP contribution in [0.4, 0.5) is 5.69 Å². The number of rotatable bonds is 2. The second-order valence-corrected chi connectivity index (χ2v) is 6.73. The number of halogens is 2. The first kappa shape index (κ1) is 14.7. The summed E-state index contributed by atoms with van der Waals surface area (Å²) in [5.74, 6) is -0.169. The Morgan fingerprint density at radius 3 is 2.71 bits per heavy atom. The molecule has 1 fully saturated rings. The molecule has 1 aromatic carbocycles. The number of carbonyl (C=O) groups excluding carboxylic acids is 1. The van der Waals surface area contributed by atoms with Crippen LogP contribution in [0.25, 0.3) is 6.08 Å². The van der Waals surface area contributed by atoms with Gasteiger partial charge < -0.3 is 4.98 Å². The zero-order valence-electron chi connectivity index (χ0n) is 10.5. The van der Waals surface area contributed by atoms with Gasteiger partial charge in [0.1, 0.15) is 0 Å². The molecule has 106 valence electrons. The molecule has 2 heterocycles. The first-order chi connectivity index (χ1) is 10.1. The highest BCUT2D eigenvalue weighted by Gasteiger charge is 2.33. The van der Waals surface area contributed by atoms with Crippen LogP contribution in [-0.2, 0) is 4.79 Å². The number of hydrogen-bond acceptors (Lipinski definition) is 3. The van der Waals surface area contributed by atoms with Crippen molar-refractivity contribution in [3.05, 3.63) is 57.2 Å². The van der Waals surface area contributed by atoms with Gasteiger partial charge in [-0.1, -0.05) is 47.2 Å². The van der Waals surface area contributed by atoms with Crippen molar-refractivity contribution in [2.45, 2.75) is 0 Å². The minimum atomic E-state index is -0.169. The quantitative estimate of drug-likeness (QED) is 0.625. The molecule has 7 heteroatoms. The lowest BCUT2D eigenvalue weighted by Gasteiger charge is -2.15. The summed E-state index contributed by atoms with van der Waals surface area (Å²) >= 11 is 18.4. The highest BCUT2D eigenvalue weighted by Crippen LogP contribution is 2.37. The molecule has 1 amide bonds. The lowest BCUT2D eigenvalue weighted by molar-refractivity contribution is -0.113. The summed E-state index contributed by atoms with van der Waals surface area (Å²) in [6.07, 6.45) is 3.57. The third-order valence-electron chi connectivity index (χ3n) is 2.86. The molecule has 1 N–H and O–H groups in total. The van der Waals surface area contributed by atoms with Gasteiger partial charge in [0, 0.05) is 11.9 Å². The third kappa shape index (κ3) is 2.87. The number of aromatic nitrogens is 1. The first-order valence-corrected chi connectivity index (χ1v) is 7.91. The van der Waals surface area contributed by atoms with Crippen LogP contribution < -0.4 is 4.90 Å². The standard InChI is InChI=1S/C14H8Cl2N2OS2/c15-10-4-3-9(7-11(10)16)18-13(19)12(21-14(18)20)6-8-2-1-5-17-8/h1-7,17H. The van der Waals surface area contributed by atoms with Crippen molar-refractivity contribution >= 4 is 69.2 Å². The van der Waals surface area contributed by atoms with Crippen LogP contribution in [0.1, 0.15) is 5.69 Å². The number of nitrogens with zero attached hydrogens (tertiary/aromatic N) is 1. The summed E-state index contributed by atoms with van der Waals surface area (Å²) in [7, 11) is 0. The number of thiocarbonyl (C=S) groups is 1. The van der Waals surface area contributed by atoms with E-state index in [9.17, 15) is 4.79 Å². The number of aromatic amines is 1. The monoisotopic (exact) mass is 354 g/mol. The third-order valence-corrected chi connectivity index (χ3v) is 4.90. The number of amides is 1. The molecule has 0 atom stereocenters. The van der Waals surface area contributed by atoms with Crippen LogP contribution in [0.5, 0.6) is 0 Å². The van der Waals surface area contributed by atoms with Gasteiger partial charge in [0.15, 0.2) is 4.32 Å². The molecule has 0 unspecified atom stereocenters. The van der Waals surface area contributed by atoms with Crippen molar-refractivity contribution < 1.29 is 4.79 Å². The van der Waals surface area contributed by atoms with Crippen molar-refractivity contribution in [1.82, 2.24) is 4.98 Å². The van der Waals surface area contributed by atoms with Crippen molar-refractivity contribution in [2.24, 2.45) is 0 Å². The number of benzene rings is 1. The lowest BCUT2D eigenvalue weighted by atomic mass is 10.3. The van der Waals surface area contributed by atoms with Crippen LogP contribution in [0.3, 0.4) is 0 Å². The Hall–Kier alpha value is -1.27. The molecule has 0 radical (unpaired) electrons. The van der Waals surface area contributed by atoms with E-state index in [0.29, 0.717) is 25.0 Å². The maximum absolute atomic E-state index is 12.5. The molecule has 3 rings (SSSR count). The van der Waals surface area contributed by atoms with E-state index in [4.69, 9.17) is 35.4 Å². The van der Waals surface area contributed by atoms with Gasteiger partial charge in [-0.25, -0.2) is 0 Å². The molecule has 2 aromatic rings. The fourth-order valence-corrected chi connectivity index (χ4v) is 3.47. The highest BCUT2D eigenvalue weighted by molar-refractivity contribution is 8.27. The normalized spacial score (nSPS) is 17.0. The van der Waals surface area contributed by atoms with Gasteiger partial charge >= 0.3 is 0 Å². The molecule has 0 saturated carbocycles. The molecule has 0 spiro atoms. The van der Waals surface area contributed by atoms with E-state index in [1.165, 1.54) is 16.7 Å². The average molecular weight is 355 g/mol. The number of anilines is 1. The molecule has 21 heavy (non-hydrogen) atoms. The molecule has 1 aliphatic heterocycles. The van der Waals surface area contributed by atoms with Gasteiger partial charge in [0.25, 0.3) is 5.91 Å². The van der Waals surface area contributed by atoms with Crippen LogP contribution in [-0.4, -0.2) is 15.2 Å². The summed E-state index contributed by atoms with van der Waals surface area (Å²) < 4.78 is 0.469. The number of nitrogens with one attached hydrogen (secondary N) is 1. The van der Waals surface area contributed by atoms with E-state index in [1.807, 2.05) is 12.1 Å². The smallest absolute Gasteiger partial charge is 0.270 e. The summed E-state index contributed by atoms with van der Waals surface area (Å²) in [6, 6.07) is 8.74. The van der Waals surface area contributed by atoms with Gasteiger partial charge in [-0.15, -0.1) is 0 Å². The first-order valence-electron chi connectivity index (χ1n) is 5.92. The summed E-state index contributed by atoms with van der Waals surface area (Å²) in [5.41, 5.74) is 1.46. The zero-order valence-corrected chi connectivity index (χ0v) is 13.6. The summed E-state index contributed by atoms with van der Waals surface area (Å²) in [5, 5.41) is 0.823. The Morgan fingerprint density at radius 2 is 2.05 bits per heavy atom. The minimum absolute atomic E-state index is 0.169. The minimum Gasteiger partial charge on any atom is -0.362 e. The van der Waals surface area contributed by atoms with E-state index in [2.05, 4.69) is 4.98 Å². The van der Waals surface area contributed by atoms with Crippen molar-refractivity contribution in [3.63, 3.8) is 0 Å². The topological polar surface area (TPSA) is 36.1 Å². The Bertz CT molecular complexity index is 756. The summed E-state index contributed by atoms with van der Waals surface area (Å²) in [6.45, 7) is 0. The van der Waals surface area contributed by atoms with Gasteiger partial charge in [-0.05, 0) is 36.4 Å². The Kier molecular flexibility index (Phi) is 4.08. The molecular formula is C14H8Cl2N2OS2. The molecule has 3 nitrogen and oxygen atoms in total. The lowest BCUT2D eigenvalue weighted by Crippen LogP contribution is -2.27. The molecule has 0 aliphatic carbocycles. The predicted molar refractivity (Wildman–Crippen MR) is 92.9 cm³/mol. The van der Waals surface area contributed by atoms with Gasteiger partial charge in [-0.3, -0.25) is 9.69 Å². The Labute approximate surface area is 140 Å². The van der Waals surface area contributed by atoms with Gasteiger partial charge in [-0.2, -0.15) is 0 Å². The second kappa shape index (κ2) is 5.85. The molecular weight excluding hydrogens is 347 g/mol. The maximum atomic E-state index is 12.5. The zero-order chi connectivity index (χ0) is 15.0. The molecule has 1 aromatic heterocycles. The molecule has 0 bridgehead atoms. The Balaban J connectivity index is 1.95. The number of hydrogen-bond donors (Lipinski definition) is 1. The maximum Gasteiger partial charge on any atom is 0.270 e. The number of thioether (sulfide) groups is 1. The van der Waals surface area contributed by atoms with Crippen LogP contribution >= 0.6 is 47.2 Å². The Morgan fingerprint density at radius 1 is 1.24 bits per heavy atom. The van der Waals surface area contributed by atoms with Crippen LogP contribution in [0.2, 0.25) is 10.0 Å². The predicted octanol–water partition coefficient (Wildman–Crippen LogP) is 4.73. The number of carbonyl (C=O) groups is 1. The van der Waals surface area contributed by atoms with Crippen molar-refractivity contribution in [3.8, 4) is 0 Å². The fourth-order valence-electron chi connectivity index (χ4n) is 1.89. The fraction of sp³-hybridized carbons (Fsp3) is 0. The van der Waals surface area contributed by atoms with Gasteiger partial charge in [0.05, 0.1) is 20.6 Å². The van der Waals surface area contributed by atoms with E-state index < -0.39 is 0 Å². The highest BCUT2D eigenvalue weighted by atomic mass is 35.5. The van der Waals surface area contributed by atoms with E-state index in [0.717, 1.165) is 5.69 Å². The van der Waals surface area contributed by atoms with Gasteiger partial charge in [0.2, 0.25) is 0 Å². The molecule has 1 saturated heterocycles. The molecule has 1 aliphatic rings. The second-order valence-electron chi connectivity index (χ2n) is 4.24.